The predicted octanol–water partition coefficient (Wildman–Crippen LogP) is 22.7. The van der Waals surface area contributed by atoms with Crippen LogP contribution in [0.1, 0.15) is 393 Å². The van der Waals surface area contributed by atoms with Gasteiger partial charge in [0.15, 0.2) is 6.10 Å². The Labute approximate surface area is 457 Å². The second kappa shape index (κ2) is 62.9. The van der Waals surface area contributed by atoms with Crippen molar-refractivity contribution in [2.75, 3.05) is 13.2 Å². The number of carbonyl (C=O) groups excluding carboxylic acids is 3. The summed E-state index contributed by atoms with van der Waals surface area (Å²) in [7, 11) is 0. The smallest absolute Gasteiger partial charge is 0.306 e. The molecule has 6 nitrogen and oxygen atoms in total. The summed E-state index contributed by atoms with van der Waals surface area (Å²) in [6, 6.07) is 0. The molecule has 0 N–H and O–H groups in total. The summed E-state index contributed by atoms with van der Waals surface area (Å²) < 4.78 is 17.0. The van der Waals surface area contributed by atoms with E-state index in [0.29, 0.717) is 19.3 Å². The third-order valence-corrected chi connectivity index (χ3v) is 15.6. The summed E-state index contributed by atoms with van der Waals surface area (Å²) in [5, 5.41) is 0. The van der Waals surface area contributed by atoms with Gasteiger partial charge in [0.05, 0.1) is 0 Å². The third kappa shape index (κ3) is 61.1. The van der Waals surface area contributed by atoms with Gasteiger partial charge in [-0.3, -0.25) is 14.4 Å². The largest absolute Gasteiger partial charge is 0.462 e. The SMILES string of the molecule is CCCCCCCCCCCCCCCCCCCCCCCCCC(=O)OCC(COC(=O)CCCCCCCCCCCCCCCCCC)OC(=O)CCCCCCCCCCCCCCCCCC. The van der Waals surface area contributed by atoms with E-state index >= 15 is 0 Å². The molecule has 0 rings (SSSR count). The maximum atomic E-state index is 12.9. The molecule has 0 saturated carbocycles. The van der Waals surface area contributed by atoms with Crippen LogP contribution in [0.5, 0.6) is 0 Å². The Morgan fingerprint density at radius 1 is 0.219 bits per heavy atom. The van der Waals surface area contributed by atoms with Crippen molar-refractivity contribution in [2.24, 2.45) is 0 Å². The Bertz CT molecular complexity index is 1090. The lowest BCUT2D eigenvalue weighted by Crippen LogP contribution is -2.30. The van der Waals surface area contributed by atoms with E-state index in [1.165, 1.54) is 295 Å². The van der Waals surface area contributed by atoms with Crippen LogP contribution in [0.4, 0.5) is 0 Å². The van der Waals surface area contributed by atoms with Crippen molar-refractivity contribution < 1.29 is 28.6 Å². The van der Waals surface area contributed by atoms with Crippen LogP contribution >= 0.6 is 0 Å². The monoisotopic (exact) mass is 1030 g/mol. The Hall–Kier alpha value is -1.59. The Morgan fingerprint density at radius 2 is 0.370 bits per heavy atom. The standard InChI is InChI=1S/C67H130O6/c1-4-7-10-13-16-19-22-25-28-31-32-33-34-35-36-37-40-42-45-48-51-54-57-60-66(69)72-63-64(73-67(70)61-58-55-52-49-46-43-39-30-27-24-21-18-15-12-9-6-3)62-71-65(68)59-56-53-50-47-44-41-38-29-26-23-20-17-14-11-8-5-2/h64H,4-63H2,1-3H3. The fourth-order valence-corrected chi connectivity index (χ4v) is 10.6. The Balaban J connectivity index is 4.23. The summed E-state index contributed by atoms with van der Waals surface area (Å²) in [4.78, 5) is 38.3. The molecular formula is C67H130O6. The quantitative estimate of drug-likeness (QED) is 0.0343. The summed E-state index contributed by atoms with van der Waals surface area (Å²) in [5.74, 6) is -0.822. The van der Waals surface area contributed by atoms with Crippen molar-refractivity contribution in [1.82, 2.24) is 0 Å². The number of hydrogen-bond donors (Lipinski definition) is 0. The van der Waals surface area contributed by atoms with Gasteiger partial charge in [-0.2, -0.15) is 0 Å². The fraction of sp³-hybridized carbons (Fsp3) is 0.955. The van der Waals surface area contributed by atoms with E-state index in [1.807, 2.05) is 0 Å². The van der Waals surface area contributed by atoms with E-state index in [1.54, 1.807) is 0 Å². The zero-order valence-corrected chi connectivity index (χ0v) is 50.0. The highest BCUT2D eigenvalue weighted by Crippen LogP contribution is 2.19. The summed E-state index contributed by atoms with van der Waals surface area (Å²) in [6.45, 7) is 6.74. The minimum atomic E-state index is -0.762. The van der Waals surface area contributed by atoms with E-state index < -0.39 is 6.10 Å². The minimum absolute atomic E-state index is 0.0603. The first-order valence-corrected chi connectivity index (χ1v) is 33.5. The van der Waals surface area contributed by atoms with Crippen molar-refractivity contribution in [3.05, 3.63) is 0 Å². The van der Waals surface area contributed by atoms with E-state index in [2.05, 4.69) is 20.8 Å². The van der Waals surface area contributed by atoms with Gasteiger partial charge in [0.2, 0.25) is 0 Å². The summed E-state index contributed by atoms with van der Waals surface area (Å²) in [6.07, 6.45) is 72.6. The van der Waals surface area contributed by atoms with Gasteiger partial charge in [0.25, 0.3) is 0 Å². The third-order valence-electron chi connectivity index (χ3n) is 15.6. The molecule has 0 radical (unpaired) electrons. The molecule has 73 heavy (non-hydrogen) atoms. The zero-order valence-electron chi connectivity index (χ0n) is 50.0. The molecule has 0 spiro atoms. The first-order chi connectivity index (χ1) is 36.0. The topological polar surface area (TPSA) is 78.9 Å². The van der Waals surface area contributed by atoms with Crippen LogP contribution in [0.15, 0.2) is 0 Å². The lowest BCUT2D eigenvalue weighted by molar-refractivity contribution is -0.167. The molecule has 0 saturated heterocycles. The highest BCUT2D eigenvalue weighted by Gasteiger charge is 2.19. The van der Waals surface area contributed by atoms with Crippen molar-refractivity contribution in [2.45, 2.75) is 399 Å². The van der Waals surface area contributed by atoms with E-state index in [-0.39, 0.29) is 31.1 Å². The van der Waals surface area contributed by atoms with Gasteiger partial charge >= 0.3 is 17.9 Å². The molecule has 0 aromatic rings. The highest BCUT2D eigenvalue weighted by atomic mass is 16.6. The number of unbranched alkanes of at least 4 members (excludes halogenated alkanes) is 52. The van der Waals surface area contributed by atoms with Gasteiger partial charge in [0, 0.05) is 19.3 Å². The fourth-order valence-electron chi connectivity index (χ4n) is 10.6. The van der Waals surface area contributed by atoms with E-state index in [0.717, 1.165) is 57.8 Å². The zero-order chi connectivity index (χ0) is 52.9. The molecule has 0 aliphatic rings. The Morgan fingerprint density at radius 3 is 0.548 bits per heavy atom. The molecule has 0 aliphatic carbocycles. The molecule has 1 atom stereocenters. The number of ether oxygens (including phenoxy) is 3. The maximum absolute atomic E-state index is 12.9. The molecule has 6 heteroatoms. The first-order valence-electron chi connectivity index (χ1n) is 33.5. The van der Waals surface area contributed by atoms with Gasteiger partial charge in [0.1, 0.15) is 13.2 Å². The average Bonchev–Trinajstić information content (AvgIpc) is 3.39. The van der Waals surface area contributed by atoms with Crippen LogP contribution < -0.4 is 0 Å². The second-order valence-electron chi connectivity index (χ2n) is 23.1. The van der Waals surface area contributed by atoms with Crippen molar-refractivity contribution in [3.8, 4) is 0 Å². The molecular weight excluding hydrogens is 901 g/mol. The van der Waals surface area contributed by atoms with Crippen molar-refractivity contribution >= 4 is 17.9 Å². The number of esters is 3. The average molecular weight is 1030 g/mol. The maximum Gasteiger partial charge on any atom is 0.306 e. The van der Waals surface area contributed by atoms with Crippen molar-refractivity contribution in [3.63, 3.8) is 0 Å². The lowest BCUT2D eigenvalue weighted by atomic mass is 10.0. The van der Waals surface area contributed by atoms with Crippen LogP contribution in [-0.4, -0.2) is 37.2 Å². The molecule has 0 heterocycles. The summed E-state index contributed by atoms with van der Waals surface area (Å²) >= 11 is 0. The summed E-state index contributed by atoms with van der Waals surface area (Å²) in [5.41, 5.74) is 0. The van der Waals surface area contributed by atoms with E-state index in [4.69, 9.17) is 14.2 Å². The molecule has 0 fully saturated rings. The molecule has 1 unspecified atom stereocenters. The van der Waals surface area contributed by atoms with Gasteiger partial charge in [-0.1, -0.05) is 355 Å². The molecule has 0 aliphatic heterocycles. The molecule has 0 aromatic heterocycles. The van der Waals surface area contributed by atoms with Gasteiger partial charge < -0.3 is 14.2 Å². The molecule has 0 bridgehead atoms. The number of hydrogen-bond acceptors (Lipinski definition) is 6. The molecule has 434 valence electrons. The van der Waals surface area contributed by atoms with Crippen LogP contribution in [0.2, 0.25) is 0 Å². The molecule has 0 amide bonds. The first kappa shape index (κ1) is 71.4. The lowest BCUT2D eigenvalue weighted by Gasteiger charge is -2.18. The van der Waals surface area contributed by atoms with Gasteiger partial charge in [-0.15, -0.1) is 0 Å². The van der Waals surface area contributed by atoms with Crippen LogP contribution in [0.3, 0.4) is 0 Å². The molecule has 0 aromatic carbocycles. The Kier molecular flexibility index (Phi) is 61.6. The normalized spacial score (nSPS) is 11.9. The number of rotatable bonds is 63. The van der Waals surface area contributed by atoms with Crippen LogP contribution in [-0.2, 0) is 28.6 Å². The van der Waals surface area contributed by atoms with Crippen LogP contribution in [0, 0.1) is 0 Å². The second-order valence-corrected chi connectivity index (χ2v) is 23.1. The number of carbonyl (C=O) groups is 3. The predicted molar refractivity (Wildman–Crippen MR) is 317 cm³/mol. The van der Waals surface area contributed by atoms with Crippen LogP contribution in [0.25, 0.3) is 0 Å². The van der Waals surface area contributed by atoms with Gasteiger partial charge in [-0.25, -0.2) is 0 Å². The van der Waals surface area contributed by atoms with E-state index in [9.17, 15) is 14.4 Å². The van der Waals surface area contributed by atoms with Gasteiger partial charge in [-0.05, 0) is 19.3 Å². The minimum Gasteiger partial charge on any atom is -0.462 e. The van der Waals surface area contributed by atoms with Crippen molar-refractivity contribution in [1.29, 1.82) is 0 Å². The highest BCUT2D eigenvalue weighted by molar-refractivity contribution is 5.71.